The molecule has 1 N–H and O–H groups in total. The molecule has 0 spiro atoms. The lowest BCUT2D eigenvalue weighted by molar-refractivity contribution is -0.127. The highest BCUT2D eigenvalue weighted by Crippen LogP contribution is 2.22. The molecule has 23 heavy (non-hydrogen) atoms. The van der Waals surface area contributed by atoms with Gasteiger partial charge in [0.15, 0.2) is 6.10 Å². The second-order valence-corrected chi connectivity index (χ2v) is 6.16. The van der Waals surface area contributed by atoms with Crippen molar-refractivity contribution < 1.29 is 14.3 Å². The number of amides is 1. The van der Waals surface area contributed by atoms with E-state index in [9.17, 15) is 4.79 Å². The van der Waals surface area contributed by atoms with Crippen molar-refractivity contribution in [2.24, 2.45) is 0 Å². The zero-order valence-electron chi connectivity index (χ0n) is 13.4. The molecule has 1 unspecified atom stereocenters. The standard InChI is InChI=1S/C18H20BrNO3/c1-12-4-7-16(8-5-12)23-13(2)18(21)20-11-14-10-15(19)6-9-17(14)22-3/h4-10,13H,11H2,1-3H3,(H,20,21). The average Bonchev–Trinajstić information content (AvgIpc) is 2.54. The van der Waals surface area contributed by atoms with E-state index >= 15 is 0 Å². The van der Waals surface area contributed by atoms with Crippen molar-refractivity contribution in [3.63, 3.8) is 0 Å². The van der Waals surface area contributed by atoms with Crippen LogP contribution >= 0.6 is 15.9 Å². The van der Waals surface area contributed by atoms with E-state index in [2.05, 4.69) is 21.2 Å². The third-order valence-corrected chi connectivity index (χ3v) is 3.89. The zero-order chi connectivity index (χ0) is 16.8. The van der Waals surface area contributed by atoms with Crippen LogP contribution in [0.2, 0.25) is 0 Å². The van der Waals surface area contributed by atoms with E-state index < -0.39 is 6.10 Å². The Balaban J connectivity index is 1.93. The molecule has 122 valence electrons. The van der Waals surface area contributed by atoms with Gasteiger partial charge < -0.3 is 14.8 Å². The number of hydrogen-bond acceptors (Lipinski definition) is 3. The lowest BCUT2D eigenvalue weighted by atomic mass is 10.2. The summed E-state index contributed by atoms with van der Waals surface area (Å²) in [6, 6.07) is 13.3. The van der Waals surface area contributed by atoms with Crippen molar-refractivity contribution in [1.29, 1.82) is 0 Å². The number of aryl methyl sites for hydroxylation is 1. The smallest absolute Gasteiger partial charge is 0.261 e. The summed E-state index contributed by atoms with van der Waals surface area (Å²) in [5.41, 5.74) is 2.05. The quantitative estimate of drug-likeness (QED) is 0.831. The number of rotatable bonds is 6. The molecule has 4 nitrogen and oxygen atoms in total. The molecule has 2 rings (SSSR count). The van der Waals surface area contributed by atoms with Gasteiger partial charge in [-0.2, -0.15) is 0 Å². The molecular formula is C18H20BrNO3. The van der Waals surface area contributed by atoms with Crippen molar-refractivity contribution in [2.45, 2.75) is 26.5 Å². The van der Waals surface area contributed by atoms with Gasteiger partial charge in [0.1, 0.15) is 11.5 Å². The Kier molecular flexibility index (Phi) is 6.04. The fraction of sp³-hybridized carbons (Fsp3) is 0.278. The van der Waals surface area contributed by atoms with Crippen molar-refractivity contribution in [3.05, 3.63) is 58.1 Å². The molecule has 1 atom stereocenters. The number of halogens is 1. The fourth-order valence-electron chi connectivity index (χ4n) is 2.09. The first-order chi connectivity index (χ1) is 11.0. The monoisotopic (exact) mass is 377 g/mol. The van der Waals surface area contributed by atoms with Gasteiger partial charge in [0.05, 0.1) is 7.11 Å². The number of methoxy groups -OCH3 is 1. The summed E-state index contributed by atoms with van der Waals surface area (Å²) in [6.45, 7) is 4.11. The minimum Gasteiger partial charge on any atom is -0.496 e. The van der Waals surface area contributed by atoms with Crippen LogP contribution in [0.5, 0.6) is 11.5 Å². The number of ether oxygens (including phenoxy) is 2. The van der Waals surface area contributed by atoms with E-state index in [1.54, 1.807) is 14.0 Å². The Morgan fingerprint density at radius 3 is 2.57 bits per heavy atom. The molecule has 2 aromatic rings. The molecule has 2 aromatic carbocycles. The summed E-state index contributed by atoms with van der Waals surface area (Å²) < 4.78 is 11.9. The maximum Gasteiger partial charge on any atom is 0.261 e. The van der Waals surface area contributed by atoms with E-state index in [1.165, 1.54) is 0 Å². The molecule has 0 saturated heterocycles. The first-order valence-corrected chi connectivity index (χ1v) is 8.12. The second kappa shape index (κ2) is 8.02. The minimum absolute atomic E-state index is 0.174. The van der Waals surface area contributed by atoms with E-state index in [0.29, 0.717) is 12.3 Å². The maximum absolute atomic E-state index is 12.2. The summed E-state index contributed by atoms with van der Waals surface area (Å²) in [7, 11) is 1.61. The van der Waals surface area contributed by atoms with Crippen LogP contribution in [0.25, 0.3) is 0 Å². The Labute approximate surface area is 144 Å². The van der Waals surface area contributed by atoms with E-state index in [1.807, 2.05) is 49.4 Å². The lowest BCUT2D eigenvalue weighted by Gasteiger charge is -2.16. The normalized spacial score (nSPS) is 11.7. The highest BCUT2D eigenvalue weighted by molar-refractivity contribution is 9.10. The van der Waals surface area contributed by atoms with Crippen LogP contribution in [-0.2, 0) is 11.3 Å². The molecule has 5 heteroatoms. The minimum atomic E-state index is -0.573. The van der Waals surface area contributed by atoms with Crippen molar-refractivity contribution in [3.8, 4) is 11.5 Å². The fourth-order valence-corrected chi connectivity index (χ4v) is 2.49. The third kappa shape index (κ3) is 4.99. The Morgan fingerprint density at radius 1 is 1.22 bits per heavy atom. The summed E-state index contributed by atoms with van der Waals surface area (Å²) in [4.78, 5) is 12.2. The lowest BCUT2D eigenvalue weighted by Crippen LogP contribution is -2.36. The van der Waals surface area contributed by atoms with E-state index in [-0.39, 0.29) is 5.91 Å². The number of benzene rings is 2. The predicted octanol–water partition coefficient (Wildman–Crippen LogP) is 3.85. The summed E-state index contributed by atoms with van der Waals surface area (Å²) in [6.07, 6.45) is -0.573. The van der Waals surface area contributed by atoms with Crippen LogP contribution in [0.1, 0.15) is 18.1 Å². The van der Waals surface area contributed by atoms with Gasteiger partial charge in [-0.25, -0.2) is 0 Å². The third-order valence-electron chi connectivity index (χ3n) is 3.40. The highest BCUT2D eigenvalue weighted by Gasteiger charge is 2.15. The van der Waals surface area contributed by atoms with Crippen LogP contribution in [0.3, 0.4) is 0 Å². The molecule has 0 aliphatic carbocycles. The number of carbonyl (C=O) groups is 1. The van der Waals surface area contributed by atoms with Gasteiger partial charge in [-0.15, -0.1) is 0 Å². The summed E-state index contributed by atoms with van der Waals surface area (Å²) >= 11 is 3.42. The first kappa shape index (κ1) is 17.3. The first-order valence-electron chi connectivity index (χ1n) is 7.33. The van der Waals surface area contributed by atoms with Gasteiger partial charge in [-0.1, -0.05) is 33.6 Å². The van der Waals surface area contributed by atoms with Gasteiger partial charge in [0.25, 0.3) is 5.91 Å². The number of nitrogens with one attached hydrogen (secondary N) is 1. The van der Waals surface area contributed by atoms with Crippen LogP contribution in [0, 0.1) is 6.92 Å². The molecule has 0 radical (unpaired) electrons. The summed E-state index contributed by atoms with van der Waals surface area (Å²) in [5.74, 6) is 1.24. The molecule has 1 amide bonds. The molecule has 0 saturated carbocycles. The topological polar surface area (TPSA) is 47.6 Å². The second-order valence-electron chi connectivity index (χ2n) is 5.25. The number of carbonyl (C=O) groups excluding carboxylic acids is 1. The van der Waals surface area contributed by atoms with Gasteiger partial charge in [-0.3, -0.25) is 4.79 Å². The van der Waals surface area contributed by atoms with Gasteiger partial charge in [0.2, 0.25) is 0 Å². The Morgan fingerprint density at radius 2 is 1.91 bits per heavy atom. The van der Waals surface area contributed by atoms with Crippen molar-refractivity contribution in [2.75, 3.05) is 7.11 Å². The Hall–Kier alpha value is -2.01. The molecular weight excluding hydrogens is 358 g/mol. The summed E-state index contributed by atoms with van der Waals surface area (Å²) in [5, 5.41) is 2.87. The molecule has 0 heterocycles. The van der Waals surface area contributed by atoms with Crippen LogP contribution in [-0.4, -0.2) is 19.1 Å². The van der Waals surface area contributed by atoms with Crippen molar-refractivity contribution >= 4 is 21.8 Å². The van der Waals surface area contributed by atoms with E-state index in [0.717, 1.165) is 21.3 Å². The molecule has 0 aromatic heterocycles. The molecule has 0 aliphatic heterocycles. The maximum atomic E-state index is 12.2. The van der Waals surface area contributed by atoms with Gasteiger partial charge in [-0.05, 0) is 44.2 Å². The SMILES string of the molecule is COc1ccc(Br)cc1CNC(=O)C(C)Oc1ccc(C)cc1. The van der Waals surface area contributed by atoms with E-state index in [4.69, 9.17) is 9.47 Å². The zero-order valence-corrected chi connectivity index (χ0v) is 15.0. The number of hydrogen-bond donors (Lipinski definition) is 1. The predicted molar refractivity (Wildman–Crippen MR) is 93.8 cm³/mol. The van der Waals surface area contributed by atoms with Gasteiger partial charge in [0, 0.05) is 16.6 Å². The van der Waals surface area contributed by atoms with Crippen LogP contribution < -0.4 is 14.8 Å². The Bertz CT molecular complexity index is 670. The molecule has 0 aliphatic rings. The van der Waals surface area contributed by atoms with Gasteiger partial charge >= 0.3 is 0 Å². The van der Waals surface area contributed by atoms with Crippen LogP contribution in [0.4, 0.5) is 0 Å². The highest BCUT2D eigenvalue weighted by atomic mass is 79.9. The van der Waals surface area contributed by atoms with Crippen molar-refractivity contribution in [1.82, 2.24) is 5.32 Å². The largest absolute Gasteiger partial charge is 0.496 e. The molecule has 0 bridgehead atoms. The molecule has 0 fully saturated rings. The average molecular weight is 378 g/mol. The van der Waals surface area contributed by atoms with Crippen LogP contribution in [0.15, 0.2) is 46.9 Å².